The normalized spacial score (nSPS) is 10.1. The number of benzene rings is 1. The molecule has 0 radical (unpaired) electrons. The summed E-state index contributed by atoms with van der Waals surface area (Å²) in [5.74, 6) is -0.710. The van der Waals surface area contributed by atoms with E-state index in [9.17, 15) is 4.79 Å². The van der Waals surface area contributed by atoms with Crippen LogP contribution in [0.2, 0.25) is 0 Å². The Morgan fingerprint density at radius 2 is 2.00 bits per heavy atom. The van der Waals surface area contributed by atoms with E-state index in [1.807, 2.05) is 18.2 Å². The van der Waals surface area contributed by atoms with E-state index in [4.69, 9.17) is 9.84 Å². The number of hydrogen-bond donors (Lipinski definition) is 1. The molecule has 2 aromatic rings. The Balaban J connectivity index is 2.60. The van der Waals surface area contributed by atoms with Gasteiger partial charge in [0, 0.05) is 11.3 Å². The molecule has 0 fully saturated rings. The van der Waals surface area contributed by atoms with Crippen molar-refractivity contribution in [3.8, 4) is 17.0 Å². The summed E-state index contributed by atoms with van der Waals surface area (Å²) in [6.45, 7) is 1.73. The zero-order valence-corrected chi connectivity index (χ0v) is 10.0. The van der Waals surface area contributed by atoms with E-state index in [1.54, 1.807) is 26.2 Å². The lowest BCUT2D eigenvalue weighted by molar-refractivity contribution is 0.0683. The zero-order valence-electron chi connectivity index (χ0n) is 10.0. The van der Waals surface area contributed by atoms with E-state index in [-0.39, 0.29) is 5.82 Å². The van der Waals surface area contributed by atoms with Crippen molar-refractivity contribution in [2.45, 2.75) is 6.92 Å². The van der Waals surface area contributed by atoms with Crippen LogP contribution in [-0.2, 0) is 0 Å². The van der Waals surface area contributed by atoms with Gasteiger partial charge in [-0.3, -0.25) is 0 Å². The van der Waals surface area contributed by atoms with Gasteiger partial charge < -0.3 is 9.84 Å². The molecule has 0 saturated carbocycles. The first kappa shape index (κ1) is 12.0. The van der Waals surface area contributed by atoms with Gasteiger partial charge in [-0.15, -0.1) is 0 Å². The summed E-state index contributed by atoms with van der Waals surface area (Å²) in [4.78, 5) is 18.8. The van der Waals surface area contributed by atoms with Gasteiger partial charge in [-0.25, -0.2) is 14.8 Å². The molecular formula is C13H12N2O3. The number of ether oxygens (including phenoxy) is 1. The fourth-order valence-electron chi connectivity index (χ4n) is 1.66. The van der Waals surface area contributed by atoms with Crippen LogP contribution < -0.4 is 4.74 Å². The number of carbonyl (C=O) groups is 1. The molecule has 0 bridgehead atoms. The molecule has 92 valence electrons. The molecular weight excluding hydrogens is 232 g/mol. The average molecular weight is 244 g/mol. The Morgan fingerprint density at radius 1 is 1.28 bits per heavy atom. The van der Waals surface area contributed by atoms with E-state index in [2.05, 4.69) is 9.97 Å². The van der Waals surface area contributed by atoms with Gasteiger partial charge in [0.25, 0.3) is 0 Å². The monoisotopic (exact) mass is 244 g/mol. The van der Waals surface area contributed by atoms with E-state index in [1.165, 1.54) is 0 Å². The van der Waals surface area contributed by atoms with Crippen LogP contribution >= 0.6 is 0 Å². The number of rotatable bonds is 3. The summed E-state index contributed by atoms with van der Waals surface area (Å²) in [6, 6.07) is 9.04. The number of carboxylic acids is 1. The third-order valence-corrected chi connectivity index (χ3v) is 2.43. The lowest BCUT2D eigenvalue weighted by Gasteiger charge is -2.08. The van der Waals surface area contributed by atoms with Crippen molar-refractivity contribution in [2.24, 2.45) is 0 Å². The highest BCUT2D eigenvalue weighted by Crippen LogP contribution is 2.28. The van der Waals surface area contributed by atoms with Gasteiger partial charge in [0.1, 0.15) is 5.75 Å². The maximum atomic E-state index is 10.9. The second-order valence-electron chi connectivity index (χ2n) is 3.72. The van der Waals surface area contributed by atoms with Crippen LogP contribution in [0.1, 0.15) is 16.3 Å². The van der Waals surface area contributed by atoms with Crippen molar-refractivity contribution >= 4 is 5.97 Å². The quantitative estimate of drug-likeness (QED) is 0.895. The second-order valence-corrected chi connectivity index (χ2v) is 3.72. The molecule has 1 heterocycles. The summed E-state index contributed by atoms with van der Waals surface area (Å²) in [6.07, 6.45) is 0. The highest BCUT2D eigenvalue weighted by Gasteiger charge is 2.12. The Morgan fingerprint density at radius 3 is 2.67 bits per heavy atom. The van der Waals surface area contributed by atoms with E-state index in [0.29, 0.717) is 17.1 Å². The number of para-hydroxylation sites is 1. The summed E-state index contributed by atoms with van der Waals surface area (Å²) >= 11 is 0. The van der Waals surface area contributed by atoms with Gasteiger partial charge in [0.2, 0.25) is 5.82 Å². The van der Waals surface area contributed by atoms with E-state index in [0.717, 1.165) is 5.56 Å². The first-order valence-electron chi connectivity index (χ1n) is 5.34. The fraction of sp³-hybridized carbons (Fsp3) is 0.154. The molecule has 2 rings (SSSR count). The number of methoxy groups -OCH3 is 1. The van der Waals surface area contributed by atoms with Gasteiger partial charge in [-0.1, -0.05) is 12.1 Å². The molecule has 1 aromatic heterocycles. The van der Waals surface area contributed by atoms with Crippen molar-refractivity contribution in [1.82, 2.24) is 9.97 Å². The Labute approximate surface area is 104 Å². The van der Waals surface area contributed by atoms with Crippen LogP contribution in [0.3, 0.4) is 0 Å². The van der Waals surface area contributed by atoms with Crippen LogP contribution in [-0.4, -0.2) is 28.2 Å². The van der Waals surface area contributed by atoms with Crippen LogP contribution in [0.25, 0.3) is 11.3 Å². The number of aromatic carboxylic acids is 1. The third kappa shape index (κ3) is 2.29. The molecule has 5 nitrogen and oxygen atoms in total. The predicted molar refractivity (Wildman–Crippen MR) is 65.7 cm³/mol. The first-order valence-corrected chi connectivity index (χ1v) is 5.34. The SMILES string of the molecule is COc1ccccc1-c1cc(C)nc(C(=O)O)n1. The highest BCUT2D eigenvalue weighted by molar-refractivity contribution is 5.84. The average Bonchev–Trinajstić information content (AvgIpc) is 2.38. The summed E-state index contributed by atoms with van der Waals surface area (Å²) in [5.41, 5.74) is 1.88. The standard InChI is InChI=1S/C13H12N2O3/c1-8-7-10(15-12(14-8)13(16)17)9-5-3-4-6-11(9)18-2/h3-7H,1-2H3,(H,16,17). The Bertz CT molecular complexity index is 597. The van der Waals surface area contributed by atoms with Gasteiger partial charge in [-0.2, -0.15) is 0 Å². The fourth-order valence-corrected chi connectivity index (χ4v) is 1.66. The second kappa shape index (κ2) is 4.83. The molecule has 0 aliphatic rings. The Hall–Kier alpha value is -2.43. The van der Waals surface area contributed by atoms with E-state index >= 15 is 0 Å². The van der Waals surface area contributed by atoms with Crippen molar-refractivity contribution in [1.29, 1.82) is 0 Å². The Kier molecular flexibility index (Phi) is 3.23. The molecule has 0 unspecified atom stereocenters. The van der Waals surface area contributed by atoms with Crippen LogP contribution in [0.15, 0.2) is 30.3 Å². The summed E-state index contributed by atoms with van der Waals surface area (Å²) in [7, 11) is 1.56. The number of carboxylic acid groups (broad SMARTS) is 1. The lowest BCUT2D eigenvalue weighted by Crippen LogP contribution is -2.06. The lowest BCUT2D eigenvalue weighted by atomic mass is 10.1. The summed E-state index contributed by atoms with van der Waals surface area (Å²) in [5, 5.41) is 8.95. The maximum absolute atomic E-state index is 10.9. The minimum Gasteiger partial charge on any atom is -0.496 e. The molecule has 1 aromatic carbocycles. The third-order valence-electron chi connectivity index (χ3n) is 2.43. The van der Waals surface area contributed by atoms with Crippen LogP contribution in [0, 0.1) is 6.92 Å². The van der Waals surface area contributed by atoms with Gasteiger partial charge in [0.05, 0.1) is 12.8 Å². The van der Waals surface area contributed by atoms with Crippen LogP contribution in [0.4, 0.5) is 0 Å². The molecule has 5 heteroatoms. The molecule has 0 spiro atoms. The predicted octanol–water partition coefficient (Wildman–Crippen LogP) is 2.16. The first-order chi connectivity index (χ1) is 8.61. The highest BCUT2D eigenvalue weighted by atomic mass is 16.5. The molecule has 0 aliphatic carbocycles. The van der Waals surface area contributed by atoms with Crippen molar-refractivity contribution in [3.63, 3.8) is 0 Å². The van der Waals surface area contributed by atoms with Gasteiger partial charge in [0.15, 0.2) is 0 Å². The minimum atomic E-state index is -1.14. The molecule has 0 atom stereocenters. The van der Waals surface area contributed by atoms with Crippen molar-refractivity contribution in [2.75, 3.05) is 7.11 Å². The van der Waals surface area contributed by atoms with Crippen molar-refractivity contribution in [3.05, 3.63) is 41.9 Å². The molecule has 0 amide bonds. The smallest absolute Gasteiger partial charge is 0.373 e. The van der Waals surface area contributed by atoms with Crippen molar-refractivity contribution < 1.29 is 14.6 Å². The molecule has 1 N–H and O–H groups in total. The summed E-state index contributed by atoms with van der Waals surface area (Å²) < 4.78 is 5.23. The van der Waals surface area contributed by atoms with Gasteiger partial charge >= 0.3 is 5.97 Å². The largest absolute Gasteiger partial charge is 0.496 e. The maximum Gasteiger partial charge on any atom is 0.373 e. The molecule has 0 saturated heterocycles. The number of aryl methyl sites for hydroxylation is 1. The van der Waals surface area contributed by atoms with Gasteiger partial charge in [-0.05, 0) is 25.1 Å². The number of hydrogen-bond acceptors (Lipinski definition) is 4. The number of nitrogens with zero attached hydrogens (tertiary/aromatic N) is 2. The van der Waals surface area contributed by atoms with E-state index < -0.39 is 5.97 Å². The zero-order chi connectivity index (χ0) is 13.1. The number of aromatic nitrogens is 2. The topological polar surface area (TPSA) is 72.3 Å². The van der Waals surface area contributed by atoms with Crippen LogP contribution in [0.5, 0.6) is 5.75 Å². The molecule has 0 aliphatic heterocycles. The minimum absolute atomic E-state index is 0.212. The molecule has 18 heavy (non-hydrogen) atoms.